The topological polar surface area (TPSA) is 38.0 Å². The van der Waals surface area contributed by atoms with E-state index < -0.39 is 0 Å². The molecular formula is C13H19FN2. The van der Waals surface area contributed by atoms with Gasteiger partial charge in [-0.2, -0.15) is 0 Å². The van der Waals surface area contributed by atoms with Gasteiger partial charge in [0.2, 0.25) is 0 Å². The molecule has 3 heteroatoms. The number of nitrogens with one attached hydrogen (secondary N) is 1. The van der Waals surface area contributed by atoms with Gasteiger partial charge >= 0.3 is 0 Å². The maximum absolute atomic E-state index is 13.5. The Labute approximate surface area is 96.0 Å². The van der Waals surface area contributed by atoms with E-state index >= 15 is 0 Å². The van der Waals surface area contributed by atoms with Gasteiger partial charge in [0, 0.05) is 12.1 Å². The first-order valence-corrected chi connectivity index (χ1v) is 5.99. The molecule has 0 aromatic heterocycles. The molecule has 3 N–H and O–H groups in total. The molecule has 0 aliphatic heterocycles. The molecule has 0 atom stereocenters. The van der Waals surface area contributed by atoms with Gasteiger partial charge in [0.15, 0.2) is 0 Å². The maximum Gasteiger partial charge on any atom is 0.146 e. The quantitative estimate of drug-likeness (QED) is 0.825. The number of rotatable bonds is 3. The Balaban J connectivity index is 2.15. The van der Waals surface area contributed by atoms with Crippen molar-refractivity contribution in [2.75, 3.05) is 11.9 Å². The van der Waals surface area contributed by atoms with Gasteiger partial charge in [0.1, 0.15) is 5.82 Å². The highest BCUT2D eigenvalue weighted by atomic mass is 19.1. The minimum atomic E-state index is -0.194. The van der Waals surface area contributed by atoms with Crippen molar-refractivity contribution in [3.05, 3.63) is 30.1 Å². The standard InChI is InChI=1S/C13H19FN2/c14-11-6-2-3-7-12(11)16-13(10-15)8-4-1-5-9-13/h2-3,6-7,16H,1,4-5,8-10,15H2. The van der Waals surface area contributed by atoms with Crippen LogP contribution in [0.3, 0.4) is 0 Å². The summed E-state index contributed by atoms with van der Waals surface area (Å²) in [5, 5.41) is 3.31. The van der Waals surface area contributed by atoms with Gasteiger partial charge in [-0.05, 0) is 25.0 Å². The second-order valence-corrected chi connectivity index (χ2v) is 4.65. The molecule has 1 aliphatic rings. The first kappa shape index (κ1) is 11.4. The third-order valence-electron chi connectivity index (χ3n) is 3.48. The molecule has 1 aromatic carbocycles. The highest BCUT2D eigenvalue weighted by Gasteiger charge is 2.30. The van der Waals surface area contributed by atoms with Crippen molar-refractivity contribution in [1.82, 2.24) is 0 Å². The Morgan fingerprint density at radius 2 is 1.88 bits per heavy atom. The van der Waals surface area contributed by atoms with Crippen molar-refractivity contribution in [3.8, 4) is 0 Å². The Morgan fingerprint density at radius 3 is 2.50 bits per heavy atom. The molecule has 16 heavy (non-hydrogen) atoms. The molecule has 0 unspecified atom stereocenters. The maximum atomic E-state index is 13.5. The lowest BCUT2D eigenvalue weighted by Crippen LogP contribution is -2.47. The molecule has 0 spiro atoms. The van der Waals surface area contributed by atoms with Gasteiger partial charge in [0.25, 0.3) is 0 Å². The second kappa shape index (κ2) is 4.83. The molecule has 0 saturated heterocycles. The van der Waals surface area contributed by atoms with Crippen LogP contribution in [0.5, 0.6) is 0 Å². The van der Waals surface area contributed by atoms with Gasteiger partial charge in [-0.15, -0.1) is 0 Å². The SMILES string of the molecule is NCC1(Nc2ccccc2F)CCCCC1. The molecule has 0 bridgehead atoms. The predicted octanol–water partition coefficient (Wildman–Crippen LogP) is 2.90. The smallest absolute Gasteiger partial charge is 0.146 e. The van der Waals surface area contributed by atoms with Crippen molar-refractivity contribution in [1.29, 1.82) is 0 Å². The van der Waals surface area contributed by atoms with Crippen molar-refractivity contribution in [3.63, 3.8) is 0 Å². The van der Waals surface area contributed by atoms with Crippen LogP contribution in [0.1, 0.15) is 32.1 Å². The highest BCUT2D eigenvalue weighted by molar-refractivity contribution is 5.47. The second-order valence-electron chi connectivity index (χ2n) is 4.65. The molecular weight excluding hydrogens is 203 g/mol. The molecule has 1 aromatic rings. The van der Waals surface area contributed by atoms with Gasteiger partial charge < -0.3 is 11.1 Å². The third kappa shape index (κ3) is 2.35. The molecule has 0 heterocycles. The lowest BCUT2D eigenvalue weighted by Gasteiger charge is -2.38. The largest absolute Gasteiger partial charge is 0.376 e. The Bertz CT molecular complexity index is 346. The Morgan fingerprint density at radius 1 is 1.19 bits per heavy atom. The first-order chi connectivity index (χ1) is 7.76. The van der Waals surface area contributed by atoms with Gasteiger partial charge in [0.05, 0.1) is 5.69 Å². The number of para-hydroxylation sites is 1. The summed E-state index contributed by atoms with van der Waals surface area (Å²) in [4.78, 5) is 0. The summed E-state index contributed by atoms with van der Waals surface area (Å²) < 4.78 is 13.5. The lowest BCUT2D eigenvalue weighted by atomic mass is 9.81. The zero-order valence-corrected chi connectivity index (χ0v) is 9.51. The van der Waals surface area contributed by atoms with Crippen LogP contribution in [0, 0.1) is 5.82 Å². The minimum Gasteiger partial charge on any atom is -0.376 e. The molecule has 0 amide bonds. The summed E-state index contributed by atoms with van der Waals surface area (Å²) in [7, 11) is 0. The predicted molar refractivity (Wildman–Crippen MR) is 64.9 cm³/mol. The summed E-state index contributed by atoms with van der Waals surface area (Å²) in [6, 6.07) is 6.81. The van der Waals surface area contributed by atoms with E-state index in [1.165, 1.54) is 25.3 Å². The summed E-state index contributed by atoms with van der Waals surface area (Å²) in [5.41, 5.74) is 6.33. The van der Waals surface area contributed by atoms with E-state index in [0.29, 0.717) is 12.2 Å². The number of benzene rings is 1. The number of nitrogens with two attached hydrogens (primary N) is 1. The van der Waals surface area contributed by atoms with Crippen molar-refractivity contribution < 1.29 is 4.39 Å². The van der Waals surface area contributed by atoms with Crippen LogP contribution < -0.4 is 11.1 Å². The minimum absolute atomic E-state index is 0.0968. The van der Waals surface area contributed by atoms with E-state index in [1.807, 2.05) is 6.07 Å². The molecule has 0 radical (unpaired) electrons. The van der Waals surface area contributed by atoms with E-state index in [9.17, 15) is 4.39 Å². The summed E-state index contributed by atoms with van der Waals surface area (Å²) in [6.45, 7) is 0.571. The monoisotopic (exact) mass is 222 g/mol. The molecule has 2 nitrogen and oxygen atoms in total. The Kier molecular flexibility index (Phi) is 3.44. The van der Waals surface area contributed by atoms with Gasteiger partial charge in [-0.25, -0.2) is 4.39 Å². The van der Waals surface area contributed by atoms with Crippen molar-refractivity contribution in [2.24, 2.45) is 5.73 Å². The van der Waals surface area contributed by atoms with Crippen LogP contribution in [0.15, 0.2) is 24.3 Å². The van der Waals surface area contributed by atoms with E-state index in [0.717, 1.165) is 12.8 Å². The normalized spacial score (nSPS) is 19.4. The number of hydrogen-bond acceptors (Lipinski definition) is 2. The van der Waals surface area contributed by atoms with E-state index in [-0.39, 0.29) is 11.4 Å². The zero-order valence-electron chi connectivity index (χ0n) is 9.51. The van der Waals surface area contributed by atoms with Crippen LogP contribution in [0.2, 0.25) is 0 Å². The average molecular weight is 222 g/mol. The number of halogens is 1. The van der Waals surface area contributed by atoms with Crippen LogP contribution in [-0.4, -0.2) is 12.1 Å². The third-order valence-corrected chi connectivity index (χ3v) is 3.48. The van der Waals surface area contributed by atoms with Crippen LogP contribution in [-0.2, 0) is 0 Å². The highest BCUT2D eigenvalue weighted by Crippen LogP contribution is 2.31. The van der Waals surface area contributed by atoms with Crippen molar-refractivity contribution >= 4 is 5.69 Å². The molecule has 88 valence electrons. The van der Waals surface area contributed by atoms with Crippen LogP contribution in [0.4, 0.5) is 10.1 Å². The van der Waals surface area contributed by atoms with E-state index in [4.69, 9.17) is 5.73 Å². The fourth-order valence-electron chi connectivity index (χ4n) is 2.46. The Hall–Kier alpha value is -1.09. The lowest BCUT2D eigenvalue weighted by molar-refractivity contribution is 0.330. The summed E-state index contributed by atoms with van der Waals surface area (Å²) >= 11 is 0. The number of anilines is 1. The fraction of sp³-hybridized carbons (Fsp3) is 0.538. The summed E-state index contributed by atoms with van der Waals surface area (Å²) in [6.07, 6.45) is 5.70. The van der Waals surface area contributed by atoms with Crippen molar-refractivity contribution in [2.45, 2.75) is 37.6 Å². The van der Waals surface area contributed by atoms with Crippen LogP contribution >= 0.6 is 0 Å². The summed E-state index contributed by atoms with van der Waals surface area (Å²) in [5.74, 6) is -0.194. The zero-order chi connectivity index (χ0) is 11.4. The molecule has 2 rings (SSSR count). The average Bonchev–Trinajstić information content (AvgIpc) is 2.33. The van der Waals surface area contributed by atoms with E-state index in [2.05, 4.69) is 5.32 Å². The molecule has 1 aliphatic carbocycles. The van der Waals surface area contributed by atoms with Crippen LogP contribution in [0.25, 0.3) is 0 Å². The van der Waals surface area contributed by atoms with E-state index in [1.54, 1.807) is 12.1 Å². The molecule has 1 saturated carbocycles. The van der Waals surface area contributed by atoms with Gasteiger partial charge in [-0.1, -0.05) is 31.4 Å². The molecule has 1 fully saturated rings. The first-order valence-electron chi connectivity index (χ1n) is 5.99. The van der Waals surface area contributed by atoms with Gasteiger partial charge in [-0.3, -0.25) is 0 Å². The fourth-order valence-corrected chi connectivity index (χ4v) is 2.46. The number of hydrogen-bond donors (Lipinski definition) is 2.